The SMILES string of the molecule is CCOc1cc(F)ccc1N1C=C(Cl)c2ccsc2C1O. The van der Waals surface area contributed by atoms with Crippen molar-refractivity contribution in [3.8, 4) is 5.75 Å². The van der Waals surface area contributed by atoms with Crippen LogP contribution in [0.15, 0.2) is 35.8 Å². The third kappa shape index (κ3) is 2.52. The standard InChI is InChI=1S/C15H13ClFNO2S/c1-2-20-13-7-9(17)3-4-12(13)18-8-11(16)10-5-6-21-14(10)15(18)19/h3-8,15,19H,2H2,1H3. The molecule has 0 fully saturated rings. The fraction of sp³-hybridized carbons (Fsp3) is 0.200. The molecular weight excluding hydrogens is 313 g/mol. The highest BCUT2D eigenvalue weighted by atomic mass is 35.5. The highest BCUT2D eigenvalue weighted by molar-refractivity contribution is 7.10. The zero-order valence-corrected chi connectivity index (χ0v) is 12.8. The van der Waals surface area contributed by atoms with E-state index in [1.165, 1.54) is 23.5 Å². The van der Waals surface area contributed by atoms with Gasteiger partial charge in [0.05, 0.1) is 22.2 Å². The summed E-state index contributed by atoms with van der Waals surface area (Å²) in [5, 5.41) is 12.9. The Hall–Kier alpha value is -1.56. The lowest BCUT2D eigenvalue weighted by Gasteiger charge is -2.31. The van der Waals surface area contributed by atoms with Gasteiger partial charge in [0.15, 0.2) is 6.23 Å². The fourth-order valence-electron chi connectivity index (χ4n) is 2.28. The van der Waals surface area contributed by atoms with Gasteiger partial charge in [0.1, 0.15) is 11.6 Å². The Bertz CT molecular complexity index is 701. The maximum absolute atomic E-state index is 13.4. The topological polar surface area (TPSA) is 32.7 Å². The van der Waals surface area contributed by atoms with Crippen molar-refractivity contribution in [2.45, 2.75) is 13.2 Å². The monoisotopic (exact) mass is 325 g/mol. The average Bonchev–Trinajstić information content (AvgIpc) is 2.94. The zero-order valence-electron chi connectivity index (χ0n) is 11.2. The van der Waals surface area contributed by atoms with Crippen LogP contribution in [-0.4, -0.2) is 11.7 Å². The van der Waals surface area contributed by atoms with Gasteiger partial charge in [-0.05, 0) is 30.5 Å². The van der Waals surface area contributed by atoms with Crippen LogP contribution in [0.5, 0.6) is 5.75 Å². The number of anilines is 1. The number of aliphatic hydroxyl groups is 1. The molecule has 1 N–H and O–H groups in total. The van der Waals surface area contributed by atoms with Crippen LogP contribution in [0.1, 0.15) is 23.6 Å². The molecule has 3 nitrogen and oxygen atoms in total. The number of hydrogen-bond donors (Lipinski definition) is 1. The molecule has 0 amide bonds. The molecule has 1 atom stereocenters. The molecule has 0 saturated carbocycles. The second-order valence-corrected chi connectivity index (χ2v) is 5.86. The van der Waals surface area contributed by atoms with Crippen LogP contribution < -0.4 is 9.64 Å². The van der Waals surface area contributed by atoms with Crippen LogP contribution in [0.2, 0.25) is 0 Å². The van der Waals surface area contributed by atoms with Crippen LogP contribution in [-0.2, 0) is 0 Å². The predicted molar refractivity (Wildman–Crippen MR) is 83.2 cm³/mol. The van der Waals surface area contributed by atoms with Gasteiger partial charge < -0.3 is 14.7 Å². The molecule has 0 saturated heterocycles. The largest absolute Gasteiger partial charge is 0.492 e. The Balaban J connectivity index is 2.07. The predicted octanol–water partition coefficient (Wildman–Crippen LogP) is 4.33. The van der Waals surface area contributed by atoms with Gasteiger partial charge in [-0.3, -0.25) is 0 Å². The van der Waals surface area contributed by atoms with Crippen molar-refractivity contribution in [2.24, 2.45) is 0 Å². The summed E-state index contributed by atoms with van der Waals surface area (Å²) in [4.78, 5) is 2.35. The van der Waals surface area contributed by atoms with Crippen LogP contribution in [0, 0.1) is 5.82 Å². The molecule has 1 aliphatic rings. The van der Waals surface area contributed by atoms with Crippen molar-refractivity contribution in [3.05, 3.63) is 52.1 Å². The Morgan fingerprint density at radius 1 is 1.43 bits per heavy atom. The number of rotatable bonds is 3. The highest BCUT2D eigenvalue weighted by Gasteiger charge is 2.29. The maximum Gasteiger partial charge on any atom is 0.167 e. The summed E-state index contributed by atoms with van der Waals surface area (Å²) >= 11 is 7.69. The van der Waals surface area contributed by atoms with Crippen LogP contribution in [0.3, 0.4) is 0 Å². The molecule has 0 radical (unpaired) electrons. The van der Waals surface area contributed by atoms with E-state index in [1.807, 2.05) is 18.4 Å². The van der Waals surface area contributed by atoms with Crippen LogP contribution in [0.4, 0.5) is 10.1 Å². The molecule has 1 aromatic carbocycles. The van der Waals surface area contributed by atoms with Crippen molar-refractivity contribution < 1.29 is 14.2 Å². The normalized spacial score (nSPS) is 17.4. The summed E-state index contributed by atoms with van der Waals surface area (Å²) in [7, 11) is 0. The Kier molecular flexibility index (Phi) is 3.89. The van der Waals surface area contributed by atoms with Crippen molar-refractivity contribution in [2.75, 3.05) is 11.5 Å². The molecule has 0 spiro atoms. The first kappa shape index (κ1) is 14.4. The number of halogens is 2. The lowest BCUT2D eigenvalue weighted by atomic mass is 10.1. The number of ether oxygens (including phenoxy) is 1. The highest BCUT2D eigenvalue weighted by Crippen LogP contribution is 2.43. The minimum atomic E-state index is -0.868. The second kappa shape index (κ2) is 5.67. The number of fused-ring (bicyclic) bond motifs is 1. The molecule has 1 unspecified atom stereocenters. The molecule has 3 rings (SSSR count). The number of hydrogen-bond acceptors (Lipinski definition) is 4. The van der Waals surface area contributed by atoms with E-state index in [9.17, 15) is 9.50 Å². The van der Waals surface area contributed by atoms with E-state index in [2.05, 4.69) is 0 Å². The van der Waals surface area contributed by atoms with Crippen molar-refractivity contribution in [3.63, 3.8) is 0 Å². The Morgan fingerprint density at radius 3 is 3.00 bits per heavy atom. The Morgan fingerprint density at radius 2 is 2.24 bits per heavy atom. The first-order valence-corrected chi connectivity index (χ1v) is 7.71. The van der Waals surface area contributed by atoms with Gasteiger partial charge in [-0.2, -0.15) is 0 Å². The average molecular weight is 326 g/mol. The van der Waals surface area contributed by atoms with Crippen LogP contribution >= 0.6 is 22.9 Å². The summed E-state index contributed by atoms with van der Waals surface area (Å²) in [6.45, 7) is 2.23. The smallest absolute Gasteiger partial charge is 0.167 e. The second-order valence-electron chi connectivity index (χ2n) is 4.50. The van der Waals surface area contributed by atoms with Gasteiger partial charge in [0.25, 0.3) is 0 Å². The third-order valence-electron chi connectivity index (χ3n) is 3.20. The zero-order chi connectivity index (χ0) is 15.0. The minimum Gasteiger partial charge on any atom is -0.492 e. The molecule has 2 heterocycles. The number of aliphatic hydroxyl groups excluding tert-OH is 1. The quantitative estimate of drug-likeness (QED) is 0.911. The molecule has 0 bridgehead atoms. The van der Waals surface area contributed by atoms with Gasteiger partial charge in [-0.1, -0.05) is 11.6 Å². The van der Waals surface area contributed by atoms with E-state index in [1.54, 1.807) is 17.2 Å². The summed E-state index contributed by atoms with van der Waals surface area (Å²) in [5.41, 5.74) is 1.40. The summed E-state index contributed by atoms with van der Waals surface area (Å²) < 4.78 is 18.9. The summed E-state index contributed by atoms with van der Waals surface area (Å²) in [5.74, 6) is -0.0159. The number of benzene rings is 1. The van der Waals surface area contributed by atoms with E-state index in [0.29, 0.717) is 23.1 Å². The van der Waals surface area contributed by atoms with Gasteiger partial charge in [-0.15, -0.1) is 11.3 Å². The molecule has 1 aliphatic heterocycles. The first-order chi connectivity index (χ1) is 10.1. The van der Waals surface area contributed by atoms with Gasteiger partial charge in [0, 0.05) is 17.8 Å². The molecular formula is C15H13ClFNO2S. The van der Waals surface area contributed by atoms with Crippen molar-refractivity contribution in [1.29, 1.82) is 0 Å². The number of nitrogens with zero attached hydrogens (tertiary/aromatic N) is 1. The molecule has 6 heteroatoms. The number of thiophene rings is 1. The summed E-state index contributed by atoms with van der Waals surface area (Å²) in [6, 6.07) is 6.07. The Labute approximate surface area is 130 Å². The van der Waals surface area contributed by atoms with E-state index < -0.39 is 6.23 Å². The lowest BCUT2D eigenvalue weighted by molar-refractivity contribution is 0.184. The first-order valence-electron chi connectivity index (χ1n) is 6.45. The van der Waals surface area contributed by atoms with E-state index in [-0.39, 0.29) is 5.82 Å². The third-order valence-corrected chi connectivity index (χ3v) is 4.46. The van der Waals surface area contributed by atoms with Gasteiger partial charge in [-0.25, -0.2) is 4.39 Å². The van der Waals surface area contributed by atoms with Crippen molar-refractivity contribution in [1.82, 2.24) is 0 Å². The summed E-state index contributed by atoms with van der Waals surface area (Å²) in [6.07, 6.45) is 0.768. The maximum atomic E-state index is 13.4. The van der Waals surface area contributed by atoms with Crippen LogP contribution in [0.25, 0.3) is 5.03 Å². The van der Waals surface area contributed by atoms with E-state index >= 15 is 0 Å². The lowest BCUT2D eigenvalue weighted by Crippen LogP contribution is -2.26. The molecule has 0 aliphatic carbocycles. The molecule has 21 heavy (non-hydrogen) atoms. The van der Waals surface area contributed by atoms with Crippen molar-refractivity contribution >= 4 is 33.7 Å². The molecule has 1 aromatic heterocycles. The van der Waals surface area contributed by atoms with Gasteiger partial charge in [0.2, 0.25) is 0 Å². The minimum absolute atomic E-state index is 0.372. The van der Waals surface area contributed by atoms with Gasteiger partial charge >= 0.3 is 0 Å². The van der Waals surface area contributed by atoms with E-state index in [4.69, 9.17) is 16.3 Å². The van der Waals surface area contributed by atoms with E-state index in [0.717, 1.165) is 10.4 Å². The molecule has 2 aromatic rings. The molecule has 110 valence electrons. The fourth-order valence-corrected chi connectivity index (χ4v) is 3.50.